The van der Waals surface area contributed by atoms with E-state index in [1.807, 2.05) is 36.4 Å². The number of rotatable bonds is 17. The van der Waals surface area contributed by atoms with Crippen LogP contribution in [-0.4, -0.2) is 53.6 Å². The first-order valence-electron chi connectivity index (χ1n) is 11.5. The van der Waals surface area contributed by atoms with Crippen LogP contribution in [0.25, 0.3) is 0 Å². The van der Waals surface area contributed by atoms with Crippen molar-refractivity contribution in [2.45, 2.75) is 58.1 Å². The van der Waals surface area contributed by atoms with Crippen molar-refractivity contribution >= 4 is 17.8 Å². The SMILES string of the molecule is C=CCCCCC(=O)O[C@@H](C)CNC(=O)[C@H](CC=C)CC(=O)N(CCO)Cc1ccccc1. The molecule has 2 amide bonds. The molecule has 1 rings (SSSR count). The number of ether oxygens (including phenoxy) is 1. The van der Waals surface area contributed by atoms with Crippen LogP contribution < -0.4 is 5.32 Å². The lowest BCUT2D eigenvalue weighted by molar-refractivity contribution is -0.148. The molecule has 182 valence electrons. The molecule has 0 radical (unpaired) electrons. The van der Waals surface area contributed by atoms with Crippen LogP contribution >= 0.6 is 0 Å². The summed E-state index contributed by atoms with van der Waals surface area (Å²) in [5.41, 5.74) is 0.948. The Morgan fingerprint density at radius 1 is 1.15 bits per heavy atom. The number of aliphatic hydroxyl groups is 1. The molecule has 1 aromatic rings. The minimum absolute atomic E-state index is 0.00214. The predicted molar refractivity (Wildman–Crippen MR) is 129 cm³/mol. The fourth-order valence-electron chi connectivity index (χ4n) is 3.31. The van der Waals surface area contributed by atoms with Crippen LogP contribution in [0.15, 0.2) is 55.6 Å². The number of hydrogen-bond donors (Lipinski definition) is 2. The Balaban J connectivity index is 2.57. The monoisotopic (exact) mass is 458 g/mol. The van der Waals surface area contributed by atoms with Crippen molar-refractivity contribution in [3.63, 3.8) is 0 Å². The molecule has 0 spiro atoms. The molecule has 7 heteroatoms. The van der Waals surface area contributed by atoms with Crippen LogP contribution in [0, 0.1) is 5.92 Å². The van der Waals surface area contributed by atoms with Gasteiger partial charge in [-0.15, -0.1) is 13.2 Å². The zero-order valence-corrected chi connectivity index (χ0v) is 19.7. The molecule has 0 aliphatic carbocycles. The molecule has 0 heterocycles. The molecule has 0 aliphatic rings. The van der Waals surface area contributed by atoms with E-state index in [9.17, 15) is 19.5 Å². The Bertz CT molecular complexity index is 750. The first-order valence-corrected chi connectivity index (χ1v) is 11.5. The second-order valence-corrected chi connectivity index (χ2v) is 8.03. The van der Waals surface area contributed by atoms with Gasteiger partial charge in [-0.25, -0.2) is 0 Å². The van der Waals surface area contributed by atoms with E-state index < -0.39 is 12.0 Å². The quantitative estimate of drug-likeness (QED) is 0.212. The molecule has 0 aliphatic heterocycles. The van der Waals surface area contributed by atoms with E-state index in [1.165, 1.54) is 0 Å². The Labute approximate surface area is 197 Å². The van der Waals surface area contributed by atoms with Gasteiger partial charge in [0, 0.05) is 25.9 Å². The predicted octanol–water partition coefficient (Wildman–Crippen LogP) is 3.38. The van der Waals surface area contributed by atoms with Crippen molar-refractivity contribution in [1.29, 1.82) is 0 Å². The number of amides is 2. The van der Waals surface area contributed by atoms with E-state index in [0.717, 1.165) is 24.8 Å². The van der Waals surface area contributed by atoms with Crippen molar-refractivity contribution in [1.82, 2.24) is 10.2 Å². The summed E-state index contributed by atoms with van der Waals surface area (Å²) in [5, 5.41) is 12.2. The topological polar surface area (TPSA) is 95.9 Å². The normalized spacial score (nSPS) is 12.3. The van der Waals surface area contributed by atoms with Crippen LogP contribution in [0.4, 0.5) is 0 Å². The van der Waals surface area contributed by atoms with Crippen molar-refractivity contribution in [2.24, 2.45) is 5.92 Å². The number of nitrogens with one attached hydrogen (secondary N) is 1. The van der Waals surface area contributed by atoms with Gasteiger partial charge in [0.05, 0.1) is 19.1 Å². The molecule has 0 saturated heterocycles. The zero-order chi connectivity index (χ0) is 24.5. The number of carbonyl (C=O) groups is 3. The van der Waals surface area contributed by atoms with Crippen molar-refractivity contribution in [3.05, 3.63) is 61.2 Å². The van der Waals surface area contributed by atoms with Gasteiger partial charge in [-0.05, 0) is 38.2 Å². The number of allylic oxidation sites excluding steroid dienone is 2. The Morgan fingerprint density at radius 2 is 1.88 bits per heavy atom. The van der Waals surface area contributed by atoms with Gasteiger partial charge in [-0.1, -0.05) is 42.5 Å². The van der Waals surface area contributed by atoms with Gasteiger partial charge in [0.2, 0.25) is 11.8 Å². The van der Waals surface area contributed by atoms with Crippen molar-refractivity contribution in [3.8, 4) is 0 Å². The summed E-state index contributed by atoms with van der Waals surface area (Å²) in [6.45, 7) is 9.63. The first-order chi connectivity index (χ1) is 15.9. The lowest BCUT2D eigenvalue weighted by Crippen LogP contribution is -2.40. The number of unbranched alkanes of at least 4 members (excludes halogenated alkanes) is 2. The van der Waals surface area contributed by atoms with E-state index in [0.29, 0.717) is 19.4 Å². The molecular formula is C26H38N2O5. The standard InChI is InChI=1S/C26H38N2O5/c1-4-6-7-11-15-25(31)33-21(3)19-27-26(32)23(12-5-2)18-24(30)28(16-17-29)20-22-13-9-8-10-14-22/h4-5,8-10,13-14,21,23,29H,1-2,6-7,11-12,15-20H2,3H3,(H,27,32)/t21-,23+/m0/s1. The van der Waals surface area contributed by atoms with Crippen LogP contribution in [0.3, 0.4) is 0 Å². The van der Waals surface area contributed by atoms with Crippen LogP contribution in [0.1, 0.15) is 51.0 Å². The maximum Gasteiger partial charge on any atom is 0.306 e. The third kappa shape index (κ3) is 12.0. The van der Waals surface area contributed by atoms with Crippen LogP contribution in [-0.2, 0) is 25.7 Å². The van der Waals surface area contributed by atoms with Crippen molar-refractivity contribution < 1.29 is 24.2 Å². The summed E-state index contributed by atoms with van der Waals surface area (Å²) >= 11 is 0. The number of hydrogen-bond acceptors (Lipinski definition) is 5. The zero-order valence-electron chi connectivity index (χ0n) is 19.7. The molecule has 2 atom stereocenters. The average Bonchev–Trinajstić information content (AvgIpc) is 2.80. The highest BCUT2D eigenvalue weighted by Gasteiger charge is 2.24. The van der Waals surface area contributed by atoms with Gasteiger partial charge < -0.3 is 20.1 Å². The molecule has 1 aromatic carbocycles. The Hall–Kier alpha value is -2.93. The molecule has 0 bridgehead atoms. The highest BCUT2D eigenvalue weighted by atomic mass is 16.5. The molecule has 33 heavy (non-hydrogen) atoms. The largest absolute Gasteiger partial charge is 0.461 e. The van der Waals surface area contributed by atoms with E-state index >= 15 is 0 Å². The second-order valence-electron chi connectivity index (χ2n) is 8.03. The van der Waals surface area contributed by atoms with Gasteiger partial charge in [-0.3, -0.25) is 14.4 Å². The van der Waals surface area contributed by atoms with E-state index in [2.05, 4.69) is 18.5 Å². The highest BCUT2D eigenvalue weighted by Crippen LogP contribution is 2.14. The fourth-order valence-corrected chi connectivity index (χ4v) is 3.31. The fraction of sp³-hybridized carbons (Fsp3) is 0.500. The molecule has 0 unspecified atom stereocenters. The third-order valence-corrected chi connectivity index (χ3v) is 5.12. The lowest BCUT2D eigenvalue weighted by Gasteiger charge is -2.24. The smallest absolute Gasteiger partial charge is 0.306 e. The van der Waals surface area contributed by atoms with Gasteiger partial charge in [-0.2, -0.15) is 0 Å². The maximum atomic E-state index is 12.9. The molecular weight excluding hydrogens is 420 g/mol. The summed E-state index contributed by atoms with van der Waals surface area (Å²) in [6.07, 6.45) is 6.13. The molecule has 0 saturated carbocycles. The van der Waals surface area contributed by atoms with Gasteiger partial charge in [0.25, 0.3) is 0 Å². The average molecular weight is 459 g/mol. The number of esters is 1. The summed E-state index contributed by atoms with van der Waals surface area (Å²) in [5.74, 6) is -1.39. The van der Waals surface area contributed by atoms with E-state index in [4.69, 9.17) is 4.74 Å². The second kappa shape index (κ2) is 16.7. The number of carbonyl (C=O) groups excluding carboxylic acids is 3. The summed E-state index contributed by atoms with van der Waals surface area (Å²) in [7, 11) is 0. The summed E-state index contributed by atoms with van der Waals surface area (Å²) in [6, 6.07) is 9.50. The summed E-state index contributed by atoms with van der Waals surface area (Å²) in [4.78, 5) is 39.0. The molecule has 0 aromatic heterocycles. The molecule has 7 nitrogen and oxygen atoms in total. The Morgan fingerprint density at radius 3 is 2.52 bits per heavy atom. The Kier molecular flexibility index (Phi) is 14.2. The summed E-state index contributed by atoms with van der Waals surface area (Å²) < 4.78 is 5.34. The van der Waals surface area contributed by atoms with Gasteiger partial charge >= 0.3 is 5.97 Å². The first kappa shape index (κ1) is 28.1. The lowest BCUT2D eigenvalue weighted by atomic mass is 9.99. The van der Waals surface area contributed by atoms with Crippen LogP contribution in [0.5, 0.6) is 0 Å². The number of benzene rings is 1. The number of aliphatic hydroxyl groups excluding tert-OH is 1. The maximum absolute atomic E-state index is 12.9. The van der Waals surface area contributed by atoms with E-state index in [1.54, 1.807) is 17.9 Å². The van der Waals surface area contributed by atoms with E-state index in [-0.39, 0.29) is 43.9 Å². The number of nitrogens with zero attached hydrogens (tertiary/aromatic N) is 1. The third-order valence-electron chi connectivity index (χ3n) is 5.12. The minimum Gasteiger partial charge on any atom is -0.461 e. The molecule has 2 N–H and O–H groups in total. The van der Waals surface area contributed by atoms with Crippen LogP contribution in [0.2, 0.25) is 0 Å². The van der Waals surface area contributed by atoms with Gasteiger partial charge in [0.1, 0.15) is 6.10 Å². The molecule has 0 fully saturated rings. The van der Waals surface area contributed by atoms with Crippen molar-refractivity contribution in [2.75, 3.05) is 19.7 Å². The highest BCUT2D eigenvalue weighted by molar-refractivity contribution is 5.86. The minimum atomic E-state index is -0.589. The van der Waals surface area contributed by atoms with Gasteiger partial charge in [0.15, 0.2) is 0 Å².